The quantitative estimate of drug-likeness (QED) is 0.536. The molecule has 0 fully saturated rings. The minimum Gasteiger partial charge on any atom is -0.339 e. The summed E-state index contributed by atoms with van der Waals surface area (Å²) >= 11 is 0. The fraction of sp³-hybridized carbons (Fsp3) is 0.111. The van der Waals surface area contributed by atoms with E-state index in [0.29, 0.717) is 11.4 Å². The van der Waals surface area contributed by atoms with Crippen molar-refractivity contribution in [3.05, 3.63) is 59.8 Å². The molecule has 0 saturated carbocycles. The lowest BCUT2D eigenvalue weighted by atomic mass is 10.2. The molecule has 0 radical (unpaired) electrons. The SMILES string of the molecule is Cc1n[nH]c(C(=O)Nc2cnc3[nH]c(-c4cccnc4)cc3c2)c1C. The van der Waals surface area contributed by atoms with Crippen LogP contribution >= 0.6 is 0 Å². The molecule has 0 unspecified atom stereocenters. The van der Waals surface area contributed by atoms with Crippen LogP contribution in [0.1, 0.15) is 21.7 Å². The number of rotatable bonds is 3. The second kappa shape index (κ2) is 5.86. The van der Waals surface area contributed by atoms with Crippen LogP contribution in [0.4, 0.5) is 5.69 Å². The van der Waals surface area contributed by atoms with E-state index in [1.807, 2.05) is 38.1 Å². The normalized spacial score (nSPS) is 11.0. The Morgan fingerprint density at radius 1 is 1.20 bits per heavy atom. The van der Waals surface area contributed by atoms with Gasteiger partial charge in [-0.2, -0.15) is 5.10 Å². The van der Waals surface area contributed by atoms with Gasteiger partial charge in [0.05, 0.1) is 17.6 Å². The Hall–Kier alpha value is -3.48. The zero-order valence-corrected chi connectivity index (χ0v) is 13.8. The van der Waals surface area contributed by atoms with Crippen molar-refractivity contribution in [2.75, 3.05) is 5.32 Å². The third kappa shape index (κ3) is 2.76. The van der Waals surface area contributed by atoms with Crippen molar-refractivity contribution in [3.63, 3.8) is 0 Å². The number of carbonyl (C=O) groups is 1. The highest BCUT2D eigenvalue weighted by atomic mass is 16.1. The molecule has 0 aromatic carbocycles. The van der Waals surface area contributed by atoms with Gasteiger partial charge in [-0.05, 0) is 38.1 Å². The first-order chi connectivity index (χ1) is 12.1. The predicted molar refractivity (Wildman–Crippen MR) is 95.3 cm³/mol. The van der Waals surface area contributed by atoms with Crippen LogP contribution in [0.5, 0.6) is 0 Å². The molecule has 0 atom stereocenters. The fourth-order valence-corrected chi connectivity index (χ4v) is 2.66. The largest absolute Gasteiger partial charge is 0.339 e. The second-order valence-electron chi connectivity index (χ2n) is 5.85. The number of aromatic amines is 2. The average Bonchev–Trinajstić information content (AvgIpc) is 3.19. The lowest BCUT2D eigenvalue weighted by Gasteiger charge is -2.04. The Kier molecular flexibility index (Phi) is 3.53. The van der Waals surface area contributed by atoms with Gasteiger partial charge in [0.2, 0.25) is 0 Å². The molecular formula is C18H16N6O. The van der Waals surface area contributed by atoms with Crippen LogP contribution in [0, 0.1) is 13.8 Å². The van der Waals surface area contributed by atoms with Gasteiger partial charge < -0.3 is 10.3 Å². The number of H-pyrrole nitrogens is 2. The molecular weight excluding hydrogens is 316 g/mol. The summed E-state index contributed by atoms with van der Waals surface area (Å²) in [6.45, 7) is 3.72. The number of fused-ring (bicyclic) bond motifs is 1. The number of hydrogen-bond donors (Lipinski definition) is 3. The van der Waals surface area contributed by atoms with Gasteiger partial charge in [0.25, 0.3) is 5.91 Å². The minimum absolute atomic E-state index is 0.234. The molecule has 0 bridgehead atoms. The van der Waals surface area contributed by atoms with Crippen molar-refractivity contribution in [1.29, 1.82) is 0 Å². The first kappa shape index (κ1) is 15.1. The minimum atomic E-state index is -0.234. The van der Waals surface area contributed by atoms with Gasteiger partial charge in [-0.25, -0.2) is 4.98 Å². The van der Waals surface area contributed by atoms with Crippen molar-refractivity contribution in [2.24, 2.45) is 0 Å². The molecule has 7 nitrogen and oxygen atoms in total. The molecule has 0 aliphatic rings. The highest BCUT2D eigenvalue weighted by Crippen LogP contribution is 2.24. The summed E-state index contributed by atoms with van der Waals surface area (Å²) in [5, 5.41) is 10.6. The highest BCUT2D eigenvalue weighted by molar-refractivity contribution is 6.04. The zero-order chi connectivity index (χ0) is 17.4. The fourth-order valence-electron chi connectivity index (χ4n) is 2.66. The zero-order valence-electron chi connectivity index (χ0n) is 13.8. The summed E-state index contributed by atoms with van der Waals surface area (Å²) in [5.41, 5.74) is 5.40. The molecule has 4 heterocycles. The van der Waals surface area contributed by atoms with Crippen LogP contribution in [-0.2, 0) is 0 Å². The first-order valence-corrected chi connectivity index (χ1v) is 7.84. The van der Waals surface area contributed by atoms with Crippen molar-refractivity contribution < 1.29 is 4.79 Å². The molecule has 0 aliphatic carbocycles. The Morgan fingerprint density at radius 3 is 2.80 bits per heavy atom. The maximum absolute atomic E-state index is 12.4. The number of amides is 1. The van der Waals surface area contributed by atoms with Gasteiger partial charge in [-0.1, -0.05) is 0 Å². The molecule has 7 heteroatoms. The Morgan fingerprint density at radius 2 is 2.08 bits per heavy atom. The molecule has 124 valence electrons. The molecule has 4 aromatic heterocycles. The van der Waals surface area contributed by atoms with E-state index in [0.717, 1.165) is 33.5 Å². The number of anilines is 1. The Bertz CT molecular complexity index is 1060. The van der Waals surface area contributed by atoms with E-state index in [9.17, 15) is 4.79 Å². The molecule has 4 aromatic rings. The number of hydrogen-bond acceptors (Lipinski definition) is 4. The van der Waals surface area contributed by atoms with Crippen molar-refractivity contribution in [1.82, 2.24) is 25.1 Å². The third-order valence-corrected chi connectivity index (χ3v) is 4.18. The number of nitrogens with zero attached hydrogens (tertiary/aromatic N) is 3. The van der Waals surface area contributed by atoms with E-state index < -0.39 is 0 Å². The average molecular weight is 332 g/mol. The van der Waals surface area contributed by atoms with Gasteiger partial charge in [-0.15, -0.1) is 0 Å². The Labute approximate surface area is 143 Å². The topological polar surface area (TPSA) is 99.4 Å². The van der Waals surface area contributed by atoms with Crippen molar-refractivity contribution >= 4 is 22.6 Å². The van der Waals surface area contributed by atoms with E-state index in [4.69, 9.17) is 0 Å². The van der Waals surface area contributed by atoms with Gasteiger partial charge in [0.1, 0.15) is 11.3 Å². The summed E-state index contributed by atoms with van der Waals surface area (Å²) in [5.74, 6) is -0.234. The van der Waals surface area contributed by atoms with Crippen LogP contribution in [0.15, 0.2) is 42.9 Å². The van der Waals surface area contributed by atoms with Gasteiger partial charge >= 0.3 is 0 Å². The smallest absolute Gasteiger partial charge is 0.273 e. The molecule has 0 aliphatic heterocycles. The lowest BCUT2D eigenvalue weighted by Crippen LogP contribution is -2.13. The van der Waals surface area contributed by atoms with Crippen molar-refractivity contribution in [2.45, 2.75) is 13.8 Å². The summed E-state index contributed by atoms with van der Waals surface area (Å²) in [7, 11) is 0. The van der Waals surface area contributed by atoms with E-state index >= 15 is 0 Å². The molecule has 0 spiro atoms. The number of carbonyl (C=O) groups excluding carboxylic acids is 1. The first-order valence-electron chi connectivity index (χ1n) is 7.84. The maximum atomic E-state index is 12.4. The lowest BCUT2D eigenvalue weighted by molar-refractivity contribution is 0.102. The van der Waals surface area contributed by atoms with Gasteiger partial charge in [0, 0.05) is 34.6 Å². The monoisotopic (exact) mass is 332 g/mol. The van der Waals surface area contributed by atoms with Crippen LogP contribution in [0.3, 0.4) is 0 Å². The number of pyridine rings is 2. The summed E-state index contributed by atoms with van der Waals surface area (Å²) in [6, 6.07) is 7.73. The number of aromatic nitrogens is 5. The Balaban J connectivity index is 1.63. The summed E-state index contributed by atoms with van der Waals surface area (Å²) in [4.78, 5) is 24.2. The van der Waals surface area contributed by atoms with Crippen LogP contribution < -0.4 is 5.32 Å². The highest BCUT2D eigenvalue weighted by Gasteiger charge is 2.14. The van der Waals surface area contributed by atoms with Crippen molar-refractivity contribution in [3.8, 4) is 11.3 Å². The van der Waals surface area contributed by atoms with E-state index in [1.165, 1.54) is 0 Å². The number of nitrogens with one attached hydrogen (secondary N) is 3. The van der Waals surface area contributed by atoms with E-state index in [2.05, 4.69) is 30.5 Å². The third-order valence-electron chi connectivity index (χ3n) is 4.18. The molecule has 3 N–H and O–H groups in total. The molecule has 0 saturated heterocycles. The van der Waals surface area contributed by atoms with E-state index in [-0.39, 0.29) is 5.91 Å². The standard InChI is InChI=1S/C18H16N6O/c1-10-11(2)23-24-16(10)18(25)21-14-6-13-7-15(22-17(13)20-9-14)12-4-3-5-19-8-12/h3-9H,1-2H3,(H,20,22)(H,21,25)(H,23,24). The second-order valence-corrected chi connectivity index (χ2v) is 5.85. The molecule has 1 amide bonds. The molecule has 4 rings (SSSR count). The van der Waals surface area contributed by atoms with E-state index in [1.54, 1.807) is 18.6 Å². The van der Waals surface area contributed by atoms with Crippen LogP contribution in [0.2, 0.25) is 0 Å². The van der Waals surface area contributed by atoms with Gasteiger partial charge in [0.15, 0.2) is 0 Å². The summed E-state index contributed by atoms with van der Waals surface area (Å²) < 4.78 is 0. The summed E-state index contributed by atoms with van der Waals surface area (Å²) in [6.07, 6.45) is 5.15. The van der Waals surface area contributed by atoms with Gasteiger partial charge in [-0.3, -0.25) is 14.9 Å². The number of aryl methyl sites for hydroxylation is 1. The predicted octanol–water partition coefficient (Wildman–Crippen LogP) is 3.22. The van der Waals surface area contributed by atoms with Crippen LogP contribution in [0.25, 0.3) is 22.3 Å². The molecule has 25 heavy (non-hydrogen) atoms. The maximum Gasteiger partial charge on any atom is 0.273 e. The van der Waals surface area contributed by atoms with Crippen LogP contribution in [-0.4, -0.2) is 31.1 Å².